The van der Waals surface area contributed by atoms with Crippen LogP contribution in [0.5, 0.6) is 0 Å². The Morgan fingerprint density at radius 2 is 1.68 bits per heavy atom. The molecule has 1 aliphatic rings. The van der Waals surface area contributed by atoms with Gasteiger partial charge >= 0.3 is 11.9 Å². The van der Waals surface area contributed by atoms with Gasteiger partial charge in [0.15, 0.2) is 11.9 Å². The molecule has 1 saturated heterocycles. The summed E-state index contributed by atoms with van der Waals surface area (Å²) in [5, 5.41) is 24.5. The molecule has 1 amide bonds. The molecule has 204 valence electrons. The molecule has 2 aromatic rings. The number of ether oxygens (including phenoxy) is 2. The standard InChI is InChI=1S/C27H32N2O8S/c1-26(2)36-16-21(37-26)24(33)38-17-19(15-18-9-5-3-6-10-18)23(32)29-27(25(34)35,14-13-22(30)31)28-20-11-7-4-8-12-20/h3-12,19,21,28H,13-17H2,1-2H3,(H,29,32)(H,30,31)(H,34,35)/t19?,21?,27-/m0/s1. The second-order valence-electron chi connectivity index (χ2n) is 9.42. The molecule has 3 atom stereocenters. The predicted octanol–water partition coefficient (Wildman–Crippen LogP) is 3.13. The van der Waals surface area contributed by atoms with Crippen LogP contribution in [-0.4, -0.2) is 63.1 Å². The second-order valence-corrected chi connectivity index (χ2v) is 10.4. The minimum absolute atomic E-state index is 0.0554. The van der Waals surface area contributed by atoms with Crippen molar-refractivity contribution in [3.8, 4) is 0 Å². The first kappa shape index (κ1) is 29.2. The lowest BCUT2D eigenvalue weighted by Crippen LogP contribution is -2.61. The van der Waals surface area contributed by atoms with Crippen LogP contribution in [-0.2, 0) is 35.1 Å². The molecule has 0 aromatic heterocycles. The zero-order chi connectivity index (χ0) is 27.8. The van der Waals surface area contributed by atoms with Crippen LogP contribution in [0.4, 0.5) is 5.69 Å². The molecule has 2 unspecified atom stereocenters. The summed E-state index contributed by atoms with van der Waals surface area (Å²) < 4.78 is 11.1. The lowest BCUT2D eigenvalue weighted by atomic mass is 9.97. The Kier molecular flexibility index (Phi) is 9.90. The van der Waals surface area contributed by atoms with Gasteiger partial charge in [0.05, 0.1) is 12.5 Å². The molecule has 1 heterocycles. The summed E-state index contributed by atoms with van der Waals surface area (Å²) in [4.78, 5) is 50.2. The summed E-state index contributed by atoms with van der Waals surface area (Å²) in [6.45, 7) is 3.52. The van der Waals surface area contributed by atoms with E-state index < -0.39 is 54.2 Å². The molecule has 1 fully saturated rings. The third-order valence-corrected chi connectivity index (χ3v) is 7.06. The van der Waals surface area contributed by atoms with E-state index in [4.69, 9.17) is 9.47 Å². The van der Waals surface area contributed by atoms with Crippen molar-refractivity contribution >= 4 is 40.4 Å². The van der Waals surface area contributed by atoms with E-state index in [1.165, 1.54) is 0 Å². The molecule has 4 N–H and O–H groups in total. The van der Waals surface area contributed by atoms with Gasteiger partial charge in [-0.05, 0) is 38.0 Å². The molecule has 0 spiro atoms. The molecule has 11 heteroatoms. The van der Waals surface area contributed by atoms with E-state index in [0.29, 0.717) is 5.69 Å². The van der Waals surface area contributed by atoms with Gasteiger partial charge in [-0.15, -0.1) is 0 Å². The number of amides is 1. The van der Waals surface area contributed by atoms with Crippen molar-refractivity contribution in [3.63, 3.8) is 0 Å². The van der Waals surface area contributed by atoms with Crippen molar-refractivity contribution < 1.29 is 38.9 Å². The summed E-state index contributed by atoms with van der Waals surface area (Å²) in [7, 11) is 0. The van der Waals surface area contributed by atoms with E-state index >= 15 is 0 Å². The monoisotopic (exact) mass is 544 g/mol. The summed E-state index contributed by atoms with van der Waals surface area (Å²) in [5.74, 6) is -4.90. The van der Waals surface area contributed by atoms with Crippen LogP contribution in [0, 0.1) is 5.92 Å². The Morgan fingerprint density at radius 1 is 1.05 bits per heavy atom. The van der Waals surface area contributed by atoms with Gasteiger partial charge in [-0.3, -0.25) is 14.4 Å². The van der Waals surface area contributed by atoms with Crippen molar-refractivity contribution in [2.75, 3.05) is 17.7 Å². The molecular weight excluding hydrogens is 512 g/mol. The quantitative estimate of drug-likeness (QED) is 0.277. The maximum Gasteiger partial charge on any atom is 0.350 e. The highest BCUT2D eigenvalue weighted by Crippen LogP contribution is 2.27. The highest BCUT2D eigenvalue weighted by Gasteiger charge is 2.42. The zero-order valence-electron chi connectivity index (χ0n) is 21.2. The van der Waals surface area contributed by atoms with Crippen LogP contribution in [0.2, 0.25) is 0 Å². The molecule has 0 saturated carbocycles. The van der Waals surface area contributed by atoms with Crippen LogP contribution < -0.4 is 10.6 Å². The minimum atomic E-state index is -2.09. The maximum absolute atomic E-state index is 13.6. The molecule has 38 heavy (non-hydrogen) atoms. The summed E-state index contributed by atoms with van der Waals surface area (Å²) >= 11 is 0.920. The van der Waals surface area contributed by atoms with Gasteiger partial charge in [0, 0.05) is 24.3 Å². The van der Waals surface area contributed by atoms with Crippen LogP contribution in [0.15, 0.2) is 60.7 Å². The van der Waals surface area contributed by atoms with Gasteiger partial charge in [0.25, 0.3) is 0 Å². The van der Waals surface area contributed by atoms with E-state index in [2.05, 4.69) is 10.6 Å². The number of carboxylic acid groups (broad SMARTS) is 2. The predicted molar refractivity (Wildman–Crippen MR) is 141 cm³/mol. The number of nitrogens with one attached hydrogen (secondary N) is 2. The Morgan fingerprint density at radius 3 is 2.24 bits per heavy atom. The molecular formula is C27H32N2O8S. The third-order valence-electron chi connectivity index (χ3n) is 5.94. The smallest absolute Gasteiger partial charge is 0.350 e. The fraction of sp³-hybridized carbons (Fsp3) is 0.407. The highest BCUT2D eigenvalue weighted by molar-refractivity contribution is 8.13. The molecule has 1 aliphatic heterocycles. The first-order chi connectivity index (χ1) is 18.0. The fourth-order valence-electron chi connectivity index (χ4n) is 3.95. The van der Waals surface area contributed by atoms with Gasteiger partial charge in [0.1, 0.15) is 0 Å². The van der Waals surface area contributed by atoms with Crippen LogP contribution >= 0.6 is 11.8 Å². The van der Waals surface area contributed by atoms with Crippen molar-refractivity contribution in [2.45, 2.75) is 50.7 Å². The summed E-state index contributed by atoms with van der Waals surface area (Å²) in [5.41, 5.74) is -0.872. The van der Waals surface area contributed by atoms with Crippen LogP contribution in [0.25, 0.3) is 0 Å². The third kappa shape index (κ3) is 8.30. The summed E-state index contributed by atoms with van der Waals surface area (Å²) in [6, 6.07) is 17.5. The Labute approximate surface area is 225 Å². The van der Waals surface area contributed by atoms with Gasteiger partial charge in [-0.1, -0.05) is 60.3 Å². The van der Waals surface area contributed by atoms with E-state index in [9.17, 15) is 29.4 Å². The van der Waals surface area contributed by atoms with Crippen LogP contribution in [0.1, 0.15) is 32.3 Å². The normalized spacial score (nSPS) is 18.6. The van der Waals surface area contributed by atoms with E-state index in [0.717, 1.165) is 17.3 Å². The Bertz CT molecular complexity index is 1130. The fourth-order valence-corrected chi connectivity index (χ4v) is 4.89. The first-order valence-corrected chi connectivity index (χ1v) is 13.1. The van der Waals surface area contributed by atoms with Gasteiger partial charge in [-0.25, -0.2) is 4.79 Å². The average Bonchev–Trinajstić information content (AvgIpc) is 3.25. The van der Waals surface area contributed by atoms with Crippen molar-refractivity contribution in [2.24, 2.45) is 5.92 Å². The van der Waals surface area contributed by atoms with Gasteiger partial charge < -0.3 is 30.3 Å². The number of para-hydroxylation sites is 1. The number of aliphatic carboxylic acids is 2. The maximum atomic E-state index is 13.6. The molecule has 2 aromatic carbocycles. The lowest BCUT2D eigenvalue weighted by Gasteiger charge is -2.33. The summed E-state index contributed by atoms with van der Waals surface area (Å²) in [6.07, 6.45) is -1.45. The average molecular weight is 545 g/mol. The zero-order valence-corrected chi connectivity index (χ0v) is 22.0. The number of rotatable bonds is 13. The number of carbonyl (C=O) groups is 4. The molecule has 0 bridgehead atoms. The minimum Gasteiger partial charge on any atom is -0.481 e. The van der Waals surface area contributed by atoms with E-state index in [-0.39, 0.29) is 23.9 Å². The first-order valence-electron chi connectivity index (χ1n) is 12.1. The molecule has 10 nitrogen and oxygen atoms in total. The second kappa shape index (κ2) is 12.9. The highest BCUT2D eigenvalue weighted by atomic mass is 32.2. The van der Waals surface area contributed by atoms with Gasteiger partial charge in [-0.2, -0.15) is 0 Å². The number of hydrogen-bond acceptors (Lipinski definition) is 8. The van der Waals surface area contributed by atoms with Crippen molar-refractivity contribution in [1.82, 2.24) is 5.32 Å². The molecule has 3 rings (SSSR count). The number of carboxylic acids is 2. The Hall–Kier alpha value is -3.41. The number of anilines is 1. The number of hydrogen-bond donors (Lipinski definition) is 4. The molecule has 0 radical (unpaired) electrons. The van der Waals surface area contributed by atoms with Gasteiger partial charge in [0.2, 0.25) is 16.7 Å². The SMILES string of the molecule is CC1(C)OCC(C(=O)SCC(Cc2ccccc2)C(=O)N[C@](CCC(=O)O)(Nc2ccccc2)C(=O)O)O1. The topological polar surface area (TPSA) is 151 Å². The molecule has 0 aliphatic carbocycles. The van der Waals surface area contributed by atoms with Crippen molar-refractivity contribution in [1.29, 1.82) is 0 Å². The number of benzene rings is 2. The number of thioether (sulfide) groups is 1. The Balaban J connectivity index is 1.82. The van der Waals surface area contributed by atoms with E-state index in [1.54, 1.807) is 44.2 Å². The van der Waals surface area contributed by atoms with Crippen molar-refractivity contribution in [3.05, 3.63) is 66.2 Å². The van der Waals surface area contributed by atoms with Crippen LogP contribution in [0.3, 0.4) is 0 Å². The number of carbonyl (C=O) groups excluding carboxylic acids is 2. The lowest BCUT2D eigenvalue weighted by molar-refractivity contribution is -0.148. The van der Waals surface area contributed by atoms with E-state index in [1.807, 2.05) is 30.3 Å². The largest absolute Gasteiger partial charge is 0.481 e.